The molecule has 4 rings (SSSR count). The average molecular weight is 423 g/mol. The zero-order chi connectivity index (χ0) is 21.6. The van der Waals surface area contributed by atoms with Gasteiger partial charge in [0.1, 0.15) is 0 Å². The van der Waals surface area contributed by atoms with Crippen molar-refractivity contribution >= 4 is 10.8 Å². The van der Waals surface area contributed by atoms with Gasteiger partial charge in [-0.2, -0.15) is 0 Å². The van der Waals surface area contributed by atoms with Crippen LogP contribution in [0.2, 0.25) is 0 Å². The second kappa shape index (κ2) is 10.7. The molecule has 0 aromatic heterocycles. The minimum absolute atomic E-state index is 0.245. The Morgan fingerprint density at radius 2 is 1.48 bits per heavy atom. The second-order valence-electron chi connectivity index (χ2n) is 10.1. The lowest BCUT2D eigenvalue weighted by atomic mass is 9.74. The van der Waals surface area contributed by atoms with E-state index < -0.39 is 0 Å². The maximum atomic E-state index is 14.5. The summed E-state index contributed by atoms with van der Waals surface area (Å²) in [6, 6.07) is 10.0. The molecule has 0 unspecified atom stereocenters. The van der Waals surface area contributed by atoms with E-state index in [2.05, 4.69) is 24.8 Å². The SMILES string of the molecule is C=CCCC1CCC(CCC2CCC(c3ccc4c(F)c(OC)ccc4c3)CC2)CC1. The van der Waals surface area contributed by atoms with E-state index in [0.29, 0.717) is 17.1 Å². The Kier molecular flexibility index (Phi) is 7.69. The maximum absolute atomic E-state index is 14.5. The molecule has 2 aromatic carbocycles. The van der Waals surface area contributed by atoms with Crippen LogP contribution in [0.25, 0.3) is 10.8 Å². The van der Waals surface area contributed by atoms with Crippen molar-refractivity contribution in [2.45, 2.75) is 83.0 Å². The van der Waals surface area contributed by atoms with E-state index in [4.69, 9.17) is 4.74 Å². The number of ether oxygens (including phenoxy) is 1. The molecule has 0 radical (unpaired) electrons. The van der Waals surface area contributed by atoms with Crippen molar-refractivity contribution in [3.63, 3.8) is 0 Å². The molecule has 0 spiro atoms. The normalized spacial score (nSPS) is 26.6. The topological polar surface area (TPSA) is 9.23 Å². The zero-order valence-electron chi connectivity index (χ0n) is 19.3. The molecule has 2 fully saturated rings. The quantitative estimate of drug-likeness (QED) is 0.386. The molecule has 0 saturated heterocycles. The molecular formula is C29H39FO. The Morgan fingerprint density at radius 1 is 0.871 bits per heavy atom. The first-order valence-corrected chi connectivity index (χ1v) is 12.5. The lowest BCUT2D eigenvalue weighted by Crippen LogP contribution is -2.17. The number of benzene rings is 2. The molecule has 0 atom stereocenters. The Balaban J connectivity index is 1.24. The van der Waals surface area contributed by atoms with Crippen molar-refractivity contribution in [1.82, 2.24) is 0 Å². The fourth-order valence-electron chi connectivity index (χ4n) is 6.12. The number of methoxy groups -OCH3 is 1. The minimum atomic E-state index is -0.245. The van der Waals surface area contributed by atoms with Crippen LogP contribution in [-0.4, -0.2) is 7.11 Å². The van der Waals surface area contributed by atoms with Crippen LogP contribution in [0.1, 0.15) is 88.5 Å². The highest BCUT2D eigenvalue weighted by Gasteiger charge is 2.25. The number of hydrogen-bond donors (Lipinski definition) is 0. The third kappa shape index (κ3) is 5.51. The van der Waals surface area contributed by atoms with Crippen LogP contribution >= 0.6 is 0 Å². The van der Waals surface area contributed by atoms with Gasteiger partial charge in [-0.15, -0.1) is 6.58 Å². The molecule has 0 aliphatic heterocycles. The van der Waals surface area contributed by atoms with Crippen molar-refractivity contribution in [2.75, 3.05) is 7.11 Å². The van der Waals surface area contributed by atoms with E-state index in [0.717, 1.165) is 23.1 Å². The van der Waals surface area contributed by atoms with E-state index in [-0.39, 0.29) is 5.82 Å². The van der Waals surface area contributed by atoms with E-state index in [1.165, 1.54) is 89.7 Å². The number of allylic oxidation sites excluding steroid dienone is 1. The molecule has 2 saturated carbocycles. The van der Waals surface area contributed by atoms with Gasteiger partial charge in [0.25, 0.3) is 0 Å². The third-order valence-electron chi connectivity index (χ3n) is 8.21. The highest BCUT2D eigenvalue weighted by atomic mass is 19.1. The van der Waals surface area contributed by atoms with E-state index in [9.17, 15) is 4.39 Å². The summed E-state index contributed by atoms with van der Waals surface area (Å²) in [5, 5.41) is 1.65. The van der Waals surface area contributed by atoms with Crippen molar-refractivity contribution in [3.05, 3.63) is 54.4 Å². The van der Waals surface area contributed by atoms with Crippen molar-refractivity contribution in [3.8, 4) is 5.75 Å². The molecule has 0 amide bonds. The van der Waals surface area contributed by atoms with Gasteiger partial charge in [0.2, 0.25) is 0 Å². The van der Waals surface area contributed by atoms with Crippen LogP contribution in [-0.2, 0) is 0 Å². The highest BCUT2D eigenvalue weighted by molar-refractivity contribution is 5.85. The summed E-state index contributed by atoms with van der Waals surface area (Å²) in [7, 11) is 1.52. The first kappa shape index (κ1) is 22.4. The van der Waals surface area contributed by atoms with Gasteiger partial charge in [0, 0.05) is 5.39 Å². The lowest BCUT2D eigenvalue weighted by molar-refractivity contribution is 0.225. The molecule has 0 N–H and O–H groups in total. The van der Waals surface area contributed by atoms with Gasteiger partial charge in [-0.3, -0.25) is 0 Å². The molecular weight excluding hydrogens is 383 g/mol. The fraction of sp³-hybridized carbons (Fsp3) is 0.586. The molecule has 2 aliphatic rings. The Bertz CT molecular complexity index is 856. The van der Waals surface area contributed by atoms with Crippen LogP contribution in [0.15, 0.2) is 43.0 Å². The van der Waals surface area contributed by atoms with Crippen LogP contribution in [0.4, 0.5) is 4.39 Å². The van der Waals surface area contributed by atoms with Gasteiger partial charge in [0.15, 0.2) is 11.6 Å². The van der Waals surface area contributed by atoms with Crippen molar-refractivity contribution in [2.24, 2.45) is 17.8 Å². The fourth-order valence-corrected chi connectivity index (χ4v) is 6.12. The minimum Gasteiger partial charge on any atom is -0.494 e. The first-order valence-electron chi connectivity index (χ1n) is 12.5. The molecule has 1 nitrogen and oxygen atoms in total. The Morgan fingerprint density at radius 3 is 2.10 bits per heavy atom. The summed E-state index contributed by atoms with van der Waals surface area (Å²) in [4.78, 5) is 0. The molecule has 31 heavy (non-hydrogen) atoms. The summed E-state index contributed by atoms with van der Waals surface area (Å²) >= 11 is 0. The number of fused-ring (bicyclic) bond motifs is 1. The van der Waals surface area contributed by atoms with Crippen LogP contribution in [0, 0.1) is 23.6 Å². The smallest absolute Gasteiger partial charge is 0.172 e. The van der Waals surface area contributed by atoms with Crippen LogP contribution < -0.4 is 4.74 Å². The summed E-state index contributed by atoms with van der Waals surface area (Å²) < 4.78 is 19.6. The molecule has 2 aromatic rings. The summed E-state index contributed by atoms with van der Waals surface area (Å²) in [6.07, 6.45) is 18.6. The predicted molar refractivity (Wildman–Crippen MR) is 129 cm³/mol. The molecule has 0 heterocycles. The second-order valence-corrected chi connectivity index (χ2v) is 10.1. The summed E-state index contributed by atoms with van der Waals surface area (Å²) in [6.45, 7) is 3.87. The summed E-state index contributed by atoms with van der Waals surface area (Å²) in [5.74, 6) is 3.56. The summed E-state index contributed by atoms with van der Waals surface area (Å²) in [5.41, 5.74) is 1.38. The van der Waals surface area contributed by atoms with Gasteiger partial charge in [-0.05, 0) is 79.2 Å². The highest BCUT2D eigenvalue weighted by Crippen LogP contribution is 2.41. The van der Waals surface area contributed by atoms with Gasteiger partial charge < -0.3 is 4.74 Å². The van der Waals surface area contributed by atoms with Gasteiger partial charge >= 0.3 is 0 Å². The van der Waals surface area contributed by atoms with Crippen LogP contribution in [0.5, 0.6) is 5.75 Å². The lowest BCUT2D eigenvalue weighted by Gasteiger charge is -2.32. The van der Waals surface area contributed by atoms with Crippen molar-refractivity contribution in [1.29, 1.82) is 0 Å². The van der Waals surface area contributed by atoms with Crippen molar-refractivity contribution < 1.29 is 9.13 Å². The van der Waals surface area contributed by atoms with E-state index in [1.807, 2.05) is 12.1 Å². The molecule has 2 aliphatic carbocycles. The van der Waals surface area contributed by atoms with Crippen LogP contribution in [0.3, 0.4) is 0 Å². The monoisotopic (exact) mass is 422 g/mol. The van der Waals surface area contributed by atoms with Gasteiger partial charge in [-0.25, -0.2) is 4.39 Å². The van der Waals surface area contributed by atoms with Gasteiger partial charge in [-0.1, -0.05) is 68.9 Å². The number of halogens is 1. The number of rotatable bonds is 8. The van der Waals surface area contributed by atoms with E-state index in [1.54, 1.807) is 6.07 Å². The standard InChI is InChI=1S/C29H39FO/c1-3-4-5-21-6-8-22(9-7-21)10-11-23-12-14-24(15-13-23)25-16-18-27-26(20-25)17-19-28(31-2)29(27)30/h3,16-24H,1,4-15H2,2H3. The number of hydrogen-bond acceptors (Lipinski definition) is 1. The Labute approximate surface area is 188 Å². The zero-order valence-corrected chi connectivity index (χ0v) is 19.3. The predicted octanol–water partition coefficient (Wildman–Crippen LogP) is 8.81. The van der Waals surface area contributed by atoms with E-state index >= 15 is 0 Å². The first-order chi connectivity index (χ1) is 15.2. The van der Waals surface area contributed by atoms with Gasteiger partial charge in [0.05, 0.1) is 7.11 Å². The average Bonchev–Trinajstić information content (AvgIpc) is 2.82. The molecule has 2 heteroatoms. The largest absolute Gasteiger partial charge is 0.494 e. The third-order valence-corrected chi connectivity index (χ3v) is 8.21. The molecule has 168 valence electrons. The maximum Gasteiger partial charge on any atom is 0.172 e. The molecule has 0 bridgehead atoms. The Hall–Kier alpha value is -1.83.